The van der Waals surface area contributed by atoms with Crippen molar-refractivity contribution in [2.24, 2.45) is 0 Å². The standard InChI is InChI=1S/C10H14N2O3/c1-7-9(6-11-14-7)10(13)12-15-8-4-2-3-5-8/h6,8H,2-5H2,1H3,(H,12,13). The Kier molecular flexibility index (Phi) is 3.01. The van der Waals surface area contributed by atoms with Gasteiger partial charge in [-0.1, -0.05) is 18.0 Å². The lowest BCUT2D eigenvalue weighted by Crippen LogP contribution is -2.28. The number of rotatable bonds is 3. The average molecular weight is 210 g/mol. The fraction of sp³-hybridized carbons (Fsp3) is 0.600. The van der Waals surface area contributed by atoms with Gasteiger partial charge in [-0.25, -0.2) is 5.48 Å². The summed E-state index contributed by atoms with van der Waals surface area (Å²) in [6.45, 7) is 1.69. The molecule has 0 atom stereocenters. The highest BCUT2D eigenvalue weighted by atomic mass is 16.7. The number of nitrogens with one attached hydrogen (secondary N) is 1. The molecule has 2 rings (SSSR count). The van der Waals surface area contributed by atoms with E-state index in [1.807, 2.05) is 0 Å². The van der Waals surface area contributed by atoms with Crippen molar-refractivity contribution in [3.05, 3.63) is 17.5 Å². The molecule has 1 aromatic heterocycles. The molecule has 5 nitrogen and oxygen atoms in total. The van der Waals surface area contributed by atoms with E-state index < -0.39 is 0 Å². The Hall–Kier alpha value is -1.36. The third-order valence-corrected chi connectivity index (χ3v) is 2.62. The summed E-state index contributed by atoms with van der Waals surface area (Å²) in [6.07, 6.45) is 5.93. The summed E-state index contributed by atoms with van der Waals surface area (Å²) in [5, 5.41) is 3.53. The van der Waals surface area contributed by atoms with Gasteiger partial charge in [0, 0.05) is 0 Å². The van der Waals surface area contributed by atoms with E-state index in [9.17, 15) is 4.79 Å². The lowest BCUT2D eigenvalue weighted by molar-refractivity contribution is -0.0125. The van der Waals surface area contributed by atoms with Gasteiger partial charge in [-0.3, -0.25) is 9.63 Å². The summed E-state index contributed by atoms with van der Waals surface area (Å²) in [5.41, 5.74) is 2.85. The molecule has 5 heteroatoms. The van der Waals surface area contributed by atoms with Crippen LogP contribution in [0, 0.1) is 6.92 Å². The monoisotopic (exact) mass is 210 g/mol. The van der Waals surface area contributed by atoms with Crippen molar-refractivity contribution in [1.29, 1.82) is 0 Å². The molecule has 0 bridgehead atoms. The van der Waals surface area contributed by atoms with Gasteiger partial charge in [0.1, 0.15) is 11.3 Å². The minimum atomic E-state index is -0.291. The number of hydrogen-bond acceptors (Lipinski definition) is 4. The van der Waals surface area contributed by atoms with Crippen molar-refractivity contribution in [3.8, 4) is 0 Å². The van der Waals surface area contributed by atoms with E-state index in [0.29, 0.717) is 11.3 Å². The molecule has 0 spiro atoms. The van der Waals surface area contributed by atoms with E-state index in [2.05, 4.69) is 10.6 Å². The van der Waals surface area contributed by atoms with Crippen molar-refractivity contribution in [3.63, 3.8) is 0 Å². The van der Waals surface area contributed by atoms with Crippen molar-refractivity contribution < 1.29 is 14.2 Å². The third-order valence-electron chi connectivity index (χ3n) is 2.62. The predicted octanol–water partition coefficient (Wildman–Crippen LogP) is 1.59. The lowest BCUT2D eigenvalue weighted by atomic mass is 10.3. The van der Waals surface area contributed by atoms with E-state index in [0.717, 1.165) is 12.8 Å². The summed E-state index contributed by atoms with van der Waals surface area (Å²) in [6, 6.07) is 0. The molecule has 0 unspecified atom stereocenters. The highest BCUT2D eigenvalue weighted by Gasteiger charge is 2.18. The summed E-state index contributed by atoms with van der Waals surface area (Å²) in [4.78, 5) is 16.8. The van der Waals surface area contributed by atoms with E-state index >= 15 is 0 Å². The summed E-state index contributed by atoms with van der Waals surface area (Å²) >= 11 is 0. The molecule has 0 radical (unpaired) electrons. The predicted molar refractivity (Wildman–Crippen MR) is 52.0 cm³/mol. The van der Waals surface area contributed by atoms with Gasteiger partial charge in [-0.15, -0.1) is 0 Å². The van der Waals surface area contributed by atoms with Crippen molar-refractivity contribution in [2.45, 2.75) is 38.7 Å². The number of hydroxylamine groups is 1. The zero-order valence-electron chi connectivity index (χ0n) is 8.66. The molecule has 0 aromatic carbocycles. The van der Waals surface area contributed by atoms with Gasteiger partial charge in [0.15, 0.2) is 0 Å². The molecular weight excluding hydrogens is 196 g/mol. The lowest BCUT2D eigenvalue weighted by Gasteiger charge is -2.10. The maximum Gasteiger partial charge on any atom is 0.280 e. The van der Waals surface area contributed by atoms with Crippen LogP contribution in [0.3, 0.4) is 0 Å². The smallest absolute Gasteiger partial charge is 0.280 e. The van der Waals surface area contributed by atoms with E-state index in [1.165, 1.54) is 19.0 Å². The molecule has 0 aliphatic heterocycles. The number of aromatic nitrogens is 1. The second kappa shape index (κ2) is 4.44. The fourth-order valence-corrected chi connectivity index (χ4v) is 1.71. The van der Waals surface area contributed by atoms with Gasteiger partial charge in [-0.2, -0.15) is 0 Å². The molecule has 1 heterocycles. The number of carbonyl (C=O) groups excluding carboxylic acids is 1. The number of hydrogen-bond donors (Lipinski definition) is 1. The van der Waals surface area contributed by atoms with E-state index in [4.69, 9.17) is 9.36 Å². The SMILES string of the molecule is Cc1oncc1C(=O)NOC1CCCC1. The van der Waals surface area contributed by atoms with Crippen LogP contribution in [0.4, 0.5) is 0 Å². The Bertz CT molecular complexity index is 342. The fourth-order valence-electron chi connectivity index (χ4n) is 1.71. The minimum Gasteiger partial charge on any atom is -0.361 e. The van der Waals surface area contributed by atoms with Gasteiger partial charge in [-0.05, 0) is 19.8 Å². The average Bonchev–Trinajstić information content (AvgIpc) is 2.84. The van der Waals surface area contributed by atoms with Crippen LogP contribution in [-0.2, 0) is 4.84 Å². The first-order valence-electron chi connectivity index (χ1n) is 5.14. The molecule has 0 saturated heterocycles. The first-order chi connectivity index (χ1) is 7.27. The molecule has 1 saturated carbocycles. The van der Waals surface area contributed by atoms with Crippen molar-refractivity contribution in [1.82, 2.24) is 10.6 Å². The van der Waals surface area contributed by atoms with Crippen LogP contribution in [0.25, 0.3) is 0 Å². The topological polar surface area (TPSA) is 64.4 Å². The quantitative estimate of drug-likeness (QED) is 0.769. The number of amides is 1. The Labute approximate surface area is 87.7 Å². The number of aryl methyl sites for hydroxylation is 1. The molecule has 15 heavy (non-hydrogen) atoms. The van der Waals surface area contributed by atoms with Crippen LogP contribution in [0.5, 0.6) is 0 Å². The molecule has 82 valence electrons. The van der Waals surface area contributed by atoms with Crippen LogP contribution in [0.15, 0.2) is 10.7 Å². The molecule has 1 amide bonds. The molecule has 1 aromatic rings. The van der Waals surface area contributed by atoms with Crippen LogP contribution in [0.1, 0.15) is 41.8 Å². The Morgan fingerprint density at radius 3 is 2.93 bits per heavy atom. The number of nitrogens with zero attached hydrogens (tertiary/aromatic N) is 1. The Balaban J connectivity index is 1.84. The van der Waals surface area contributed by atoms with E-state index in [1.54, 1.807) is 6.92 Å². The zero-order chi connectivity index (χ0) is 10.7. The van der Waals surface area contributed by atoms with Gasteiger partial charge in [0.2, 0.25) is 0 Å². The largest absolute Gasteiger partial charge is 0.361 e. The first kappa shape index (κ1) is 10.2. The normalized spacial score (nSPS) is 16.9. The van der Waals surface area contributed by atoms with Crippen LogP contribution in [-0.4, -0.2) is 17.2 Å². The van der Waals surface area contributed by atoms with Gasteiger partial charge < -0.3 is 4.52 Å². The molecular formula is C10H14N2O3. The maximum atomic E-state index is 11.5. The Morgan fingerprint density at radius 1 is 1.60 bits per heavy atom. The third kappa shape index (κ3) is 2.36. The second-order valence-corrected chi connectivity index (χ2v) is 3.75. The molecule has 1 fully saturated rings. The summed E-state index contributed by atoms with van der Waals surface area (Å²) in [5.74, 6) is 0.211. The van der Waals surface area contributed by atoms with Crippen LogP contribution >= 0.6 is 0 Å². The van der Waals surface area contributed by atoms with Crippen LogP contribution in [0.2, 0.25) is 0 Å². The highest BCUT2D eigenvalue weighted by Crippen LogP contribution is 2.20. The highest BCUT2D eigenvalue weighted by molar-refractivity contribution is 5.93. The molecule has 1 N–H and O–H groups in total. The maximum absolute atomic E-state index is 11.5. The zero-order valence-corrected chi connectivity index (χ0v) is 8.66. The molecule has 1 aliphatic carbocycles. The van der Waals surface area contributed by atoms with Gasteiger partial charge >= 0.3 is 0 Å². The second-order valence-electron chi connectivity index (χ2n) is 3.75. The first-order valence-corrected chi connectivity index (χ1v) is 5.14. The Morgan fingerprint density at radius 2 is 2.33 bits per heavy atom. The summed E-state index contributed by atoms with van der Waals surface area (Å²) in [7, 11) is 0. The summed E-state index contributed by atoms with van der Waals surface area (Å²) < 4.78 is 4.79. The van der Waals surface area contributed by atoms with Crippen molar-refractivity contribution in [2.75, 3.05) is 0 Å². The van der Waals surface area contributed by atoms with Gasteiger partial charge in [0.25, 0.3) is 5.91 Å². The van der Waals surface area contributed by atoms with E-state index in [-0.39, 0.29) is 12.0 Å². The number of carbonyl (C=O) groups is 1. The minimum absolute atomic E-state index is 0.161. The van der Waals surface area contributed by atoms with Crippen LogP contribution < -0.4 is 5.48 Å². The van der Waals surface area contributed by atoms with Gasteiger partial charge in [0.05, 0.1) is 12.3 Å². The van der Waals surface area contributed by atoms with Crippen molar-refractivity contribution >= 4 is 5.91 Å². The molecule has 1 aliphatic rings.